The van der Waals surface area contributed by atoms with Crippen LogP contribution in [0.2, 0.25) is 0 Å². The van der Waals surface area contributed by atoms with E-state index in [1.807, 2.05) is 12.1 Å². The first-order valence-corrected chi connectivity index (χ1v) is 5.12. The number of rotatable bonds is 3. The second-order valence-corrected chi connectivity index (χ2v) is 3.82. The molecule has 15 heavy (non-hydrogen) atoms. The molecule has 3 nitrogen and oxygen atoms in total. The molecule has 3 heteroatoms. The van der Waals surface area contributed by atoms with Gasteiger partial charge in [0, 0.05) is 11.6 Å². The normalized spacial score (nSPS) is 19.4. The van der Waals surface area contributed by atoms with Gasteiger partial charge >= 0.3 is 0 Å². The van der Waals surface area contributed by atoms with E-state index in [4.69, 9.17) is 9.47 Å². The van der Waals surface area contributed by atoms with Crippen molar-refractivity contribution in [1.29, 1.82) is 0 Å². The minimum absolute atomic E-state index is 0.409. The van der Waals surface area contributed by atoms with Crippen LogP contribution in [0.15, 0.2) is 30.5 Å². The van der Waals surface area contributed by atoms with Crippen LogP contribution < -0.4 is 4.74 Å². The maximum atomic E-state index is 5.32. The van der Waals surface area contributed by atoms with E-state index in [0.717, 1.165) is 18.9 Å². The minimum Gasteiger partial charge on any atom is -0.496 e. The summed E-state index contributed by atoms with van der Waals surface area (Å²) in [4.78, 5) is 0. The molecule has 0 amide bonds. The molecule has 0 bridgehead atoms. The molecule has 78 valence electrons. The van der Waals surface area contributed by atoms with Gasteiger partial charge < -0.3 is 14.0 Å². The number of hydrogen-bond acceptors (Lipinski definition) is 2. The van der Waals surface area contributed by atoms with E-state index in [1.54, 1.807) is 7.11 Å². The number of fused-ring (bicyclic) bond motifs is 1. The van der Waals surface area contributed by atoms with E-state index < -0.39 is 0 Å². The summed E-state index contributed by atoms with van der Waals surface area (Å²) in [5, 5.41) is 1.17. The van der Waals surface area contributed by atoms with Gasteiger partial charge in [0.1, 0.15) is 5.75 Å². The summed E-state index contributed by atoms with van der Waals surface area (Å²) in [7, 11) is 1.70. The zero-order valence-corrected chi connectivity index (χ0v) is 8.64. The van der Waals surface area contributed by atoms with Gasteiger partial charge in [0.15, 0.2) is 0 Å². The van der Waals surface area contributed by atoms with E-state index in [0.29, 0.717) is 6.10 Å². The van der Waals surface area contributed by atoms with Gasteiger partial charge in [0.05, 0.1) is 31.9 Å². The van der Waals surface area contributed by atoms with Crippen LogP contribution in [0.1, 0.15) is 0 Å². The molecular formula is C12H13NO2. The first-order chi connectivity index (χ1) is 7.38. The zero-order chi connectivity index (χ0) is 10.3. The standard InChI is InChI=1S/C12H13NO2/c1-14-12-4-2-3-11-10(12)5-6-13(11)7-9-8-15-9/h2-6,9H,7-8H2,1H3. The summed E-state index contributed by atoms with van der Waals surface area (Å²) in [5.74, 6) is 0.933. The van der Waals surface area contributed by atoms with Crippen LogP contribution in [-0.4, -0.2) is 24.4 Å². The molecule has 1 aliphatic rings. The highest BCUT2D eigenvalue weighted by molar-refractivity contribution is 5.86. The van der Waals surface area contributed by atoms with Crippen LogP contribution >= 0.6 is 0 Å². The highest BCUT2D eigenvalue weighted by Crippen LogP contribution is 2.27. The quantitative estimate of drug-likeness (QED) is 0.714. The average molecular weight is 203 g/mol. The molecule has 1 aromatic carbocycles. The van der Waals surface area contributed by atoms with Crippen molar-refractivity contribution in [3.05, 3.63) is 30.5 Å². The monoisotopic (exact) mass is 203 g/mol. The second kappa shape index (κ2) is 3.28. The van der Waals surface area contributed by atoms with Gasteiger partial charge in [-0.2, -0.15) is 0 Å². The summed E-state index contributed by atoms with van der Waals surface area (Å²) < 4.78 is 12.8. The molecule has 2 aromatic rings. The molecule has 2 heterocycles. The third kappa shape index (κ3) is 1.49. The summed E-state index contributed by atoms with van der Waals surface area (Å²) in [5.41, 5.74) is 1.21. The van der Waals surface area contributed by atoms with Crippen LogP contribution in [-0.2, 0) is 11.3 Å². The molecule has 1 atom stereocenters. The molecule has 0 N–H and O–H groups in total. The Kier molecular flexibility index (Phi) is 1.92. The fourth-order valence-electron chi connectivity index (χ4n) is 1.93. The van der Waals surface area contributed by atoms with Gasteiger partial charge in [0.25, 0.3) is 0 Å². The number of methoxy groups -OCH3 is 1. The van der Waals surface area contributed by atoms with Crippen molar-refractivity contribution in [3.8, 4) is 5.75 Å². The lowest BCUT2D eigenvalue weighted by molar-refractivity contribution is 0.385. The lowest BCUT2D eigenvalue weighted by atomic mass is 10.2. The van der Waals surface area contributed by atoms with Crippen LogP contribution in [0.5, 0.6) is 5.75 Å². The summed E-state index contributed by atoms with van der Waals surface area (Å²) in [6.45, 7) is 1.83. The SMILES string of the molecule is COc1cccc2c1ccn2CC1CO1. The Hall–Kier alpha value is -1.48. The highest BCUT2D eigenvalue weighted by Gasteiger charge is 2.23. The maximum Gasteiger partial charge on any atom is 0.128 e. The molecule has 1 aliphatic heterocycles. The van der Waals surface area contributed by atoms with Gasteiger partial charge in [-0.25, -0.2) is 0 Å². The molecule has 1 fully saturated rings. The van der Waals surface area contributed by atoms with E-state index >= 15 is 0 Å². The number of ether oxygens (including phenoxy) is 2. The van der Waals surface area contributed by atoms with Crippen molar-refractivity contribution >= 4 is 10.9 Å². The van der Waals surface area contributed by atoms with E-state index in [1.165, 1.54) is 10.9 Å². The van der Waals surface area contributed by atoms with Crippen molar-refractivity contribution < 1.29 is 9.47 Å². The Bertz CT molecular complexity index is 485. The topological polar surface area (TPSA) is 26.7 Å². The highest BCUT2D eigenvalue weighted by atomic mass is 16.6. The fourth-order valence-corrected chi connectivity index (χ4v) is 1.93. The summed E-state index contributed by atoms with van der Waals surface area (Å²) in [6.07, 6.45) is 2.50. The predicted molar refractivity (Wildman–Crippen MR) is 58.2 cm³/mol. The van der Waals surface area contributed by atoms with Crippen molar-refractivity contribution in [2.24, 2.45) is 0 Å². The van der Waals surface area contributed by atoms with Crippen molar-refractivity contribution in [3.63, 3.8) is 0 Å². The third-order valence-electron chi connectivity index (χ3n) is 2.80. The molecular weight excluding hydrogens is 190 g/mol. The number of epoxide rings is 1. The minimum atomic E-state index is 0.409. The Morgan fingerprint density at radius 3 is 3.07 bits per heavy atom. The van der Waals surface area contributed by atoms with Gasteiger partial charge in [-0.3, -0.25) is 0 Å². The van der Waals surface area contributed by atoms with Crippen molar-refractivity contribution in [1.82, 2.24) is 4.57 Å². The van der Waals surface area contributed by atoms with Crippen molar-refractivity contribution in [2.45, 2.75) is 12.6 Å². The first kappa shape index (κ1) is 8.80. The van der Waals surface area contributed by atoms with Gasteiger partial charge in [0.2, 0.25) is 0 Å². The molecule has 3 rings (SSSR count). The smallest absolute Gasteiger partial charge is 0.128 e. The number of aromatic nitrogens is 1. The third-order valence-corrected chi connectivity index (χ3v) is 2.80. The van der Waals surface area contributed by atoms with E-state index in [9.17, 15) is 0 Å². The van der Waals surface area contributed by atoms with Crippen LogP contribution in [0.25, 0.3) is 10.9 Å². The van der Waals surface area contributed by atoms with Crippen LogP contribution in [0.3, 0.4) is 0 Å². The molecule has 0 spiro atoms. The Morgan fingerprint density at radius 1 is 1.47 bits per heavy atom. The second-order valence-electron chi connectivity index (χ2n) is 3.82. The Balaban J connectivity index is 2.08. The lowest BCUT2D eigenvalue weighted by Crippen LogP contribution is -2.01. The fraction of sp³-hybridized carbons (Fsp3) is 0.333. The first-order valence-electron chi connectivity index (χ1n) is 5.12. The van der Waals surface area contributed by atoms with Crippen molar-refractivity contribution in [2.75, 3.05) is 13.7 Å². The molecule has 0 radical (unpaired) electrons. The maximum absolute atomic E-state index is 5.32. The number of hydrogen-bond donors (Lipinski definition) is 0. The number of nitrogens with zero attached hydrogens (tertiary/aromatic N) is 1. The Labute approximate surface area is 88.2 Å². The molecule has 0 aliphatic carbocycles. The summed E-state index contributed by atoms with van der Waals surface area (Å²) >= 11 is 0. The Morgan fingerprint density at radius 2 is 2.33 bits per heavy atom. The lowest BCUT2D eigenvalue weighted by Gasteiger charge is -2.04. The molecule has 0 saturated carbocycles. The summed E-state index contributed by atoms with van der Waals surface area (Å²) in [6, 6.07) is 8.21. The largest absolute Gasteiger partial charge is 0.496 e. The predicted octanol–water partition coefficient (Wildman–Crippen LogP) is 2.05. The van der Waals surface area contributed by atoms with Gasteiger partial charge in [-0.15, -0.1) is 0 Å². The molecule has 1 unspecified atom stereocenters. The van der Waals surface area contributed by atoms with Gasteiger partial charge in [-0.05, 0) is 18.2 Å². The zero-order valence-electron chi connectivity index (χ0n) is 8.64. The van der Waals surface area contributed by atoms with Crippen LogP contribution in [0.4, 0.5) is 0 Å². The average Bonchev–Trinajstić information content (AvgIpc) is 2.99. The van der Waals surface area contributed by atoms with E-state index in [2.05, 4.69) is 22.9 Å². The van der Waals surface area contributed by atoms with Crippen LogP contribution in [0, 0.1) is 0 Å². The molecule has 1 aromatic heterocycles. The number of benzene rings is 1. The van der Waals surface area contributed by atoms with Gasteiger partial charge in [-0.1, -0.05) is 6.07 Å². The van der Waals surface area contributed by atoms with E-state index in [-0.39, 0.29) is 0 Å². The molecule has 1 saturated heterocycles.